The molecule has 2 aromatic carbocycles. The number of methoxy groups -OCH3 is 1. The smallest absolute Gasteiger partial charge is 0.446 e. The molecule has 2 rings (SSSR count). The molecule has 0 aliphatic heterocycles. The van der Waals surface area contributed by atoms with Crippen LogP contribution in [0.1, 0.15) is 0 Å². The highest BCUT2D eigenvalue weighted by atomic mass is 32.2. The van der Waals surface area contributed by atoms with Gasteiger partial charge in [-0.15, -0.1) is 0 Å². The van der Waals surface area contributed by atoms with Crippen LogP contribution in [0.3, 0.4) is 0 Å². The van der Waals surface area contributed by atoms with Crippen LogP contribution < -0.4 is 14.3 Å². The first-order valence-electron chi connectivity index (χ1n) is 6.72. The van der Waals surface area contributed by atoms with E-state index in [9.17, 15) is 17.7 Å². The first-order valence-corrected chi connectivity index (χ1v) is 9.61. The molecule has 0 bridgehead atoms. The molecule has 0 heterocycles. The lowest BCUT2D eigenvalue weighted by Gasteiger charge is -2.18. The van der Waals surface area contributed by atoms with E-state index in [-0.39, 0.29) is 16.7 Å². The van der Waals surface area contributed by atoms with Crippen molar-refractivity contribution in [2.75, 3.05) is 18.9 Å². The van der Waals surface area contributed by atoms with Crippen molar-refractivity contribution in [3.63, 3.8) is 0 Å². The summed E-state index contributed by atoms with van der Waals surface area (Å²) in [7, 11) is -1.71. The number of rotatable bonds is 6. The van der Waals surface area contributed by atoms with E-state index in [4.69, 9.17) is 9.26 Å². The van der Waals surface area contributed by atoms with Crippen molar-refractivity contribution in [2.24, 2.45) is 0 Å². The van der Waals surface area contributed by atoms with Gasteiger partial charge in [0.05, 0.1) is 7.11 Å². The molecule has 1 atom stereocenters. The van der Waals surface area contributed by atoms with E-state index in [0.29, 0.717) is 17.2 Å². The maximum atomic E-state index is 12.5. The van der Waals surface area contributed by atoms with E-state index in [1.54, 1.807) is 24.3 Å². The monoisotopic (exact) mass is 377 g/mol. The Labute approximate surface area is 141 Å². The van der Waals surface area contributed by atoms with E-state index in [1.165, 1.54) is 38.0 Å². The zero-order chi connectivity index (χ0) is 17.8. The van der Waals surface area contributed by atoms with Gasteiger partial charge in [-0.3, -0.25) is 4.57 Å². The highest BCUT2D eigenvalue weighted by Gasteiger charge is 2.29. The first-order chi connectivity index (χ1) is 11.2. The molecule has 1 N–H and O–H groups in total. The van der Waals surface area contributed by atoms with Gasteiger partial charge < -0.3 is 14.3 Å². The molecule has 0 aliphatic rings. The van der Waals surface area contributed by atoms with Crippen LogP contribution in [0.15, 0.2) is 53.4 Å². The number of halogens is 3. The summed E-state index contributed by atoms with van der Waals surface area (Å²) in [4.78, 5) is 0.0510. The zero-order valence-electron chi connectivity index (χ0n) is 12.8. The van der Waals surface area contributed by atoms with Crippen LogP contribution in [0.5, 0.6) is 11.5 Å². The third kappa shape index (κ3) is 6.02. The molecule has 0 fully saturated rings. The minimum atomic E-state index is -4.34. The van der Waals surface area contributed by atoms with Crippen LogP contribution in [-0.4, -0.2) is 19.3 Å². The average Bonchev–Trinajstić information content (AvgIpc) is 2.48. The van der Waals surface area contributed by atoms with Gasteiger partial charge in [0, 0.05) is 17.2 Å². The summed E-state index contributed by atoms with van der Waals surface area (Å²) in [5.41, 5.74) is -3.94. The van der Waals surface area contributed by atoms with Gasteiger partial charge in [0.1, 0.15) is 11.5 Å². The number of hydrogen-bond donors (Lipinski definition) is 1. The number of alkyl halides is 3. The van der Waals surface area contributed by atoms with E-state index < -0.39 is 13.0 Å². The Hall–Kier alpha value is -1.79. The van der Waals surface area contributed by atoms with Gasteiger partial charge in [0.25, 0.3) is 0 Å². The third-order valence-corrected chi connectivity index (χ3v) is 4.72. The summed E-state index contributed by atoms with van der Waals surface area (Å²) in [5.74, 6) is 1.03. The predicted octanol–water partition coefficient (Wildman–Crippen LogP) is 5.62. The highest BCUT2D eigenvalue weighted by Crippen LogP contribution is 2.44. The standard InChI is InChI=1S/C15H15F3NO3PS/c1-21-12-5-7-13(8-6-12)22-23(2,20)19-11-3-9-14(10-4-11)24-15(16,17)18/h3-10H,1-2H3,(H,19,20)/t23-/m1/s1. The molecule has 24 heavy (non-hydrogen) atoms. The van der Waals surface area contributed by atoms with Crippen molar-refractivity contribution in [3.05, 3.63) is 48.5 Å². The maximum absolute atomic E-state index is 12.5. The molecule has 2 aromatic rings. The van der Waals surface area contributed by atoms with Gasteiger partial charge in [0.15, 0.2) is 0 Å². The Balaban J connectivity index is 2.01. The Kier molecular flexibility index (Phi) is 5.72. The second kappa shape index (κ2) is 7.40. The van der Waals surface area contributed by atoms with Crippen molar-refractivity contribution < 1.29 is 27.0 Å². The van der Waals surface area contributed by atoms with Crippen molar-refractivity contribution in [1.29, 1.82) is 0 Å². The molecular weight excluding hydrogens is 362 g/mol. The quantitative estimate of drug-likeness (QED) is 0.523. The first kappa shape index (κ1) is 18.5. The van der Waals surface area contributed by atoms with Gasteiger partial charge >= 0.3 is 13.0 Å². The molecule has 0 saturated heterocycles. The molecule has 0 aromatic heterocycles. The number of hydrogen-bond acceptors (Lipinski definition) is 4. The summed E-state index contributed by atoms with van der Waals surface area (Å²) in [5, 5.41) is 2.70. The summed E-state index contributed by atoms with van der Waals surface area (Å²) in [6.45, 7) is 1.38. The second-order valence-electron chi connectivity index (χ2n) is 4.80. The lowest BCUT2D eigenvalue weighted by Crippen LogP contribution is -2.02. The number of anilines is 1. The molecule has 0 amide bonds. The SMILES string of the molecule is COc1ccc(O[P@@](C)(=O)Nc2ccc(SC(F)(F)F)cc2)cc1. The molecule has 0 radical (unpaired) electrons. The lowest BCUT2D eigenvalue weighted by atomic mass is 10.3. The fourth-order valence-corrected chi connectivity index (χ4v) is 3.55. The summed E-state index contributed by atoms with van der Waals surface area (Å²) >= 11 is -0.206. The average molecular weight is 377 g/mol. The fourth-order valence-electron chi connectivity index (χ4n) is 1.83. The maximum Gasteiger partial charge on any atom is 0.446 e. The van der Waals surface area contributed by atoms with Crippen LogP contribution in [0.25, 0.3) is 0 Å². The lowest BCUT2D eigenvalue weighted by molar-refractivity contribution is -0.0328. The highest BCUT2D eigenvalue weighted by molar-refractivity contribution is 8.00. The van der Waals surface area contributed by atoms with Gasteiger partial charge in [-0.25, -0.2) is 0 Å². The largest absolute Gasteiger partial charge is 0.497 e. The van der Waals surface area contributed by atoms with E-state index >= 15 is 0 Å². The summed E-state index contributed by atoms with van der Waals surface area (Å²) < 4.78 is 59.8. The number of ether oxygens (including phenoxy) is 1. The molecule has 130 valence electrons. The zero-order valence-corrected chi connectivity index (χ0v) is 14.5. The van der Waals surface area contributed by atoms with Crippen molar-refractivity contribution in [1.82, 2.24) is 0 Å². The molecule has 9 heteroatoms. The minimum Gasteiger partial charge on any atom is -0.497 e. The Bertz CT molecular complexity index is 720. The Morgan fingerprint density at radius 2 is 1.54 bits per heavy atom. The predicted molar refractivity (Wildman–Crippen MR) is 89.1 cm³/mol. The fraction of sp³-hybridized carbons (Fsp3) is 0.200. The topological polar surface area (TPSA) is 47.6 Å². The molecular formula is C15H15F3NO3PS. The summed E-state index contributed by atoms with van der Waals surface area (Å²) in [6, 6.07) is 12.0. The van der Waals surface area contributed by atoms with Crippen LogP contribution >= 0.6 is 19.3 Å². The van der Waals surface area contributed by atoms with Crippen molar-refractivity contribution in [3.8, 4) is 11.5 Å². The molecule has 0 unspecified atom stereocenters. The van der Waals surface area contributed by atoms with E-state index in [1.807, 2.05) is 0 Å². The summed E-state index contributed by atoms with van der Waals surface area (Å²) in [6.07, 6.45) is 0. The van der Waals surface area contributed by atoms with Gasteiger partial charge in [-0.05, 0) is 60.3 Å². The minimum absolute atomic E-state index is 0.0510. The van der Waals surface area contributed by atoms with E-state index in [0.717, 1.165) is 0 Å². The van der Waals surface area contributed by atoms with Crippen LogP contribution in [0.4, 0.5) is 18.9 Å². The second-order valence-corrected chi connectivity index (χ2v) is 8.03. The van der Waals surface area contributed by atoms with Crippen LogP contribution in [0.2, 0.25) is 0 Å². The normalized spacial score (nSPS) is 13.9. The van der Waals surface area contributed by atoms with Crippen molar-refractivity contribution >= 4 is 25.0 Å². The molecule has 0 saturated carbocycles. The van der Waals surface area contributed by atoms with Gasteiger partial charge in [-0.2, -0.15) is 13.2 Å². The van der Waals surface area contributed by atoms with Gasteiger partial charge in [-0.1, -0.05) is 0 Å². The van der Waals surface area contributed by atoms with Crippen LogP contribution in [0, 0.1) is 0 Å². The van der Waals surface area contributed by atoms with Crippen molar-refractivity contribution in [2.45, 2.75) is 10.4 Å². The van der Waals surface area contributed by atoms with E-state index in [2.05, 4.69) is 5.09 Å². The molecule has 0 aliphatic carbocycles. The number of thioether (sulfide) groups is 1. The molecule has 4 nitrogen and oxygen atoms in total. The van der Waals surface area contributed by atoms with Crippen LogP contribution in [-0.2, 0) is 4.57 Å². The molecule has 0 spiro atoms. The number of benzene rings is 2. The third-order valence-electron chi connectivity index (χ3n) is 2.76. The Morgan fingerprint density at radius 1 is 1.00 bits per heavy atom. The Morgan fingerprint density at radius 3 is 2.04 bits per heavy atom. The van der Waals surface area contributed by atoms with Gasteiger partial charge in [0.2, 0.25) is 0 Å². The number of nitrogens with one attached hydrogen (secondary N) is 1.